The van der Waals surface area contributed by atoms with Crippen LogP contribution in [0, 0.1) is 17.8 Å². The van der Waals surface area contributed by atoms with Crippen molar-refractivity contribution in [3.8, 4) is 11.8 Å². The van der Waals surface area contributed by atoms with E-state index in [9.17, 15) is 14.4 Å². The number of hydrogen-bond acceptors (Lipinski definition) is 6. The summed E-state index contributed by atoms with van der Waals surface area (Å²) in [4.78, 5) is 43.9. The number of benzene rings is 3. The first-order chi connectivity index (χ1) is 25.0. The number of nitrogens with zero attached hydrogens (tertiary/aromatic N) is 3. The highest BCUT2D eigenvalue weighted by Crippen LogP contribution is 2.39. The second kappa shape index (κ2) is 16.1. The van der Waals surface area contributed by atoms with Gasteiger partial charge in [0.25, 0.3) is 0 Å². The summed E-state index contributed by atoms with van der Waals surface area (Å²) in [5.41, 5.74) is 4.74. The number of ether oxygens (including phenoxy) is 3. The molecular formula is C43H49N3O6. The maximum Gasteiger partial charge on any atom is 0.410 e. The Hall–Kier alpha value is -5.07. The first-order valence-corrected chi connectivity index (χ1v) is 18.2. The van der Waals surface area contributed by atoms with Gasteiger partial charge < -0.3 is 28.6 Å². The number of piperidine rings is 1. The van der Waals surface area contributed by atoms with E-state index < -0.39 is 17.6 Å². The molecule has 2 amide bonds. The zero-order chi connectivity index (χ0) is 36.8. The van der Waals surface area contributed by atoms with Gasteiger partial charge in [0.2, 0.25) is 5.91 Å². The number of aromatic nitrogens is 1. The molecule has 2 aliphatic rings. The molecule has 0 unspecified atom stereocenters. The summed E-state index contributed by atoms with van der Waals surface area (Å²) in [7, 11) is 3.08. The van der Waals surface area contributed by atoms with Crippen LogP contribution in [0.25, 0.3) is 10.9 Å². The Morgan fingerprint density at radius 2 is 1.65 bits per heavy atom. The number of methoxy groups -OCH3 is 2. The average Bonchev–Trinajstić information content (AvgIpc) is 3.93. The molecule has 3 aromatic carbocycles. The van der Waals surface area contributed by atoms with Crippen LogP contribution in [0.2, 0.25) is 0 Å². The second-order valence-electron chi connectivity index (χ2n) is 14.8. The van der Waals surface area contributed by atoms with Crippen LogP contribution in [-0.2, 0) is 32.1 Å². The molecule has 9 heteroatoms. The molecule has 6 rings (SSSR count). The fourth-order valence-corrected chi connectivity index (χ4v) is 7.08. The van der Waals surface area contributed by atoms with Gasteiger partial charge in [-0.05, 0) is 106 Å². The molecule has 1 aliphatic carbocycles. The van der Waals surface area contributed by atoms with Gasteiger partial charge in [-0.1, -0.05) is 42.2 Å². The van der Waals surface area contributed by atoms with E-state index in [2.05, 4.69) is 63.9 Å². The predicted molar refractivity (Wildman–Crippen MR) is 201 cm³/mol. The van der Waals surface area contributed by atoms with E-state index in [1.165, 1.54) is 7.11 Å². The van der Waals surface area contributed by atoms with Crippen molar-refractivity contribution >= 4 is 28.9 Å². The lowest BCUT2D eigenvalue weighted by molar-refractivity contribution is -0.139. The Morgan fingerprint density at radius 1 is 0.904 bits per heavy atom. The van der Waals surface area contributed by atoms with Crippen LogP contribution in [0.3, 0.4) is 0 Å². The number of rotatable bonds is 10. The summed E-state index contributed by atoms with van der Waals surface area (Å²) in [6.45, 7) is 8.38. The fraction of sp³-hybridized carbons (Fsp3) is 0.419. The number of hydrogen-bond donors (Lipinski definition) is 0. The van der Waals surface area contributed by atoms with E-state index in [0.29, 0.717) is 31.7 Å². The maximum absolute atomic E-state index is 14.9. The molecule has 0 spiro atoms. The van der Waals surface area contributed by atoms with Crippen molar-refractivity contribution in [2.45, 2.75) is 77.1 Å². The van der Waals surface area contributed by atoms with Crippen LogP contribution < -0.4 is 0 Å². The van der Waals surface area contributed by atoms with Gasteiger partial charge in [-0.15, -0.1) is 0 Å². The zero-order valence-electron chi connectivity index (χ0n) is 30.9. The van der Waals surface area contributed by atoms with Crippen LogP contribution >= 0.6 is 0 Å². The van der Waals surface area contributed by atoms with Crippen molar-refractivity contribution in [2.75, 3.05) is 33.9 Å². The van der Waals surface area contributed by atoms with Crippen molar-refractivity contribution in [1.29, 1.82) is 0 Å². The topological polar surface area (TPSA) is 90.3 Å². The van der Waals surface area contributed by atoms with Crippen LogP contribution in [0.4, 0.5) is 4.79 Å². The molecule has 0 radical (unpaired) electrons. The summed E-state index contributed by atoms with van der Waals surface area (Å²) in [5.74, 6) is 5.58. The summed E-state index contributed by atoms with van der Waals surface area (Å²) >= 11 is 0. The number of carbonyl (C=O) groups is 3. The van der Waals surface area contributed by atoms with Gasteiger partial charge in [-0.3, -0.25) is 4.79 Å². The Bertz CT molecular complexity index is 1960. The number of esters is 1. The van der Waals surface area contributed by atoms with Crippen molar-refractivity contribution in [2.24, 2.45) is 5.92 Å². The highest BCUT2D eigenvalue weighted by atomic mass is 16.6. The molecule has 1 saturated carbocycles. The van der Waals surface area contributed by atoms with Gasteiger partial charge in [0, 0.05) is 74.2 Å². The molecule has 0 bridgehead atoms. The van der Waals surface area contributed by atoms with Gasteiger partial charge in [0.1, 0.15) is 5.60 Å². The van der Waals surface area contributed by atoms with E-state index in [1.54, 1.807) is 36.3 Å². The molecular weight excluding hydrogens is 654 g/mol. The standard InChI is InChI=1S/C43H49N3O6/c1-43(2,3)52-42(49)45-24-22-36(33-11-8-10-31(26-33)15-14-30-16-18-32(19-17-30)41(48)51-5)38(29-45)40(47)46(35-20-21-35)28-34-27-44(23-9-25-50-4)39-13-7-6-12-37(34)39/h6-8,10-13,16-19,26-27,35-36,38H,9,20-25,28-29H2,1-5H3/t36-,38+/m1/s1. The summed E-state index contributed by atoms with van der Waals surface area (Å²) in [5, 5.41) is 1.15. The molecule has 1 aliphatic heterocycles. The largest absolute Gasteiger partial charge is 0.465 e. The lowest BCUT2D eigenvalue weighted by Crippen LogP contribution is -2.51. The Labute approximate surface area is 306 Å². The van der Waals surface area contributed by atoms with Crippen LogP contribution in [0.15, 0.2) is 79.0 Å². The molecule has 2 atom stereocenters. The minimum absolute atomic E-state index is 0.0687. The van der Waals surface area contributed by atoms with Crippen LogP contribution in [-0.4, -0.2) is 77.9 Å². The lowest BCUT2D eigenvalue weighted by Gasteiger charge is -2.40. The maximum atomic E-state index is 14.9. The number of para-hydroxylation sites is 1. The van der Waals surface area contributed by atoms with Crippen LogP contribution in [0.1, 0.15) is 85.0 Å². The Morgan fingerprint density at radius 3 is 2.37 bits per heavy atom. The van der Waals surface area contributed by atoms with Gasteiger partial charge in [-0.2, -0.15) is 0 Å². The third-order valence-electron chi connectivity index (χ3n) is 9.78. The van der Waals surface area contributed by atoms with Gasteiger partial charge in [-0.25, -0.2) is 9.59 Å². The Balaban J connectivity index is 1.29. The molecule has 1 aromatic heterocycles. The quantitative estimate of drug-likeness (QED) is 0.0972. The van der Waals surface area contributed by atoms with E-state index in [4.69, 9.17) is 14.2 Å². The van der Waals surface area contributed by atoms with Gasteiger partial charge >= 0.3 is 12.1 Å². The number of likely N-dealkylation sites (tertiary alicyclic amines) is 1. The van der Waals surface area contributed by atoms with Crippen molar-refractivity contribution < 1.29 is 28.6 Å². The van der Waals surface area contributed by atoms with Crippen LogP contribution in [0.5, 0.6) is 0 Å². The summed E-state index contributed by atoms with van der Waals surface area (Å²) < 4.78 is 18.2. The number of carbonyl (C=O) groups excluding carboxylic acids is 3. The zero-order valence-corrected chi connectivity index (χ0v) is 30.9. The third-order valence-corrected chi connectivity index (χ3v) is 9.78. The monoisotopic (exact) mass is 703 g/mol. The van der Waals surface area contributed by atoms with E-state index in [1.807, 2.05) is 32.9 Å². The lowest BCUT2D eigenvalue weighted by atomic mass is 9.79. The summed E-state index contributed by atoms with van der Waals surface area (Å²) in [6, 6.07) is 23.6. The van der Waals surface area contributed by atoms with Crippen molar-refractivity contribution in [1.82, 2.24) is 14.4 Å². The second-order valence-corrected chi connectivity index (χ2v) is 14.8. The van der Waals surface area contributed by atoms with E-state index >= 15 is 0 Å². The predicted octanol–water partition coefficient (Wildman–Crippen LogP) is 7.40. The van der Waals surface area contributed by atoms with E-state index in [-0.39, 0.29) is 30.4 Å². The minimum atomic E-state index is -0.641. The number of fused-ring (bicyclic) bond motifs is 1. The normalized spacial score (nSPS) is 17.3. The van der Waals surface area contributed by atoms with Crippen molar-refractivity contribution in [3.05, 3.63) is 107 Å². The molecule has 2 heterocycles. The molecule has 52 heavy (non-hydrogen) atoms. The van der Waals surface area contributed by atoms with E-state index in [0.717, 1.165) is 59.0 Å². The number of amides is 2. The molecule has 9 nitrogen and oxygen atoms in total. The van der Waals surface area contributed by atoms with Crippen molar-refractivity contribution in [3.63, 3.8) is 0 Å². The minimum Gasteiger partial charge on any atom is -0.465 e. The Kier molecular flexibility index (Phi) is 11.4. The highest BCUT2D eigenvalue weighted by Gasteiger charge is 2.43. The molecule has 1 saturated heterocycles. The van der Waals surface area contributed by atoms with Gasteiger partial charge in [0.15, 0.2) is 0 Å². The third kappa shape index (κ3) is 8.86. The first kappa shape index (κ1) is 36.7. The fourth-order valence-electron chi connectivity index (χ4n) is 7.08. The first-order valence-electron chi connectivity index (χ1n) is 18.2. The highest BCUT2D eigenvalue weighted by molar-refractivity contribution is 5.89. The smallest absolute Gasteiger partial charge is 0.410 e. The SMILES string of the molecule is COCCCn1cc(CN(C(=O)[C@H]2CN(C(=O)OC(C)(C)C)CC[C@@H]2c2cccc(C#Cc3ccc(C(=O)OC)cc3)c2)C2CC2)c2ccccc21. The summed E-state index contributed by atoms with van der Waals surface area (Å²) in [6.07, 6.45) is 5.26. The molecule has 272 valence electrons. The average molecular weight is 704 g/mol. The van der Waals surface area contributed by atoms with Gasteiger partial charge in [0.05, 0.1) is 18.6 Å². The molecule has 2 fully saturated rings. The molecule has 0 N–H and O–H groups in total. The molecule has 4 aromatic rings. The number of aryl methyl sites for hydroxylation is 1.